The number of non-ortho nitro benzene ring substituents is 1. The third kappa shape index (κ3) is 3.39. The summed E-state index contributed by atoms with van der Waals surface area (Å²) < 4.78 is 0. The molecule has 0 radical (unpaired) electrons. The quantitative estimate of drug-likeness (QED) is 0.339. The van der Waals surface area contributed by atoms with Gasteiger partial charge in [-0.1, -0.05) is 30.3 Å². The molecule has 0 aliphatic rings. The van der Waals surface area contributed by atoms with Crippen molar-refractivity contribution in [2.75, 3.05) is 11.9 Å². The van der Waals surface area contributed by atoms with Crippen molar-refractivity contribution in [1.29, 1.82) is 0 Å². The first-order valence-electron chi connectivity index (χ1n) is 7.83. The van der Waals surface area contributed by atoms with E-state index in [-0.39, 0.29) is 30.1 Å². The maximum atomic E-state index is 12.1. The van der Waals surface area contributed by atoms with Crippen LogP contribution in [0.25, 0.3) is 10.9 Å². The molecule has 132 valence electrons. The lowest BCUT2D eigenvalue weighted by atomic mass is 10.1. The van der Waals surface area contributed by atoms with Crippen LogP contribution in [0.1, 0.15) is 27.3 Å². The number of ketones is 1. The molecular weight excluding hydrogens is 338 g/mol. The van der Waals surface area contributed by atoms with Crippen LogP contribution >= 0.6 is 0 Å². The molecule has 0 bridgehead atoms. The number of carbonyl (C=O) groups is 2. The number of benzene rings is 2. The summed E-state index contributed by atoms with van der Waals surface area (Å²) in [5.74, 6) is -1.26. The Kier molecular flexibility index (Phi) is 4.66. The number of rotatable bonds is 7. The smallest absolute Gasteiger partial charge is 0.354 e. The Morgan fingerprint density at radius 1 is 1.15 bits per heavy atom. The van der Waals surface area contributed by atoms with Crippen LogP contribution in [-0.4, -0.2) is 33.3 Å². The van der Waals surface area contributed by atoms with Crippen LogP contribution in [-0.2, 0) is 0 Å². The summed E-state index contributed by atoms with van der Waals surface area (Å²) in [4.78, 5) is 36.6. The molecule has 0 aliphatic carbocycles. The van der Waals surface area contributed by atoms with Crippen molar-refractivity contribution in [3.8, 4) is 0 Å². The van der Waals surface area contributed by atoms with E-state index in [1.54, 1.807) is 24.3 Å². The number of hydrogen-bond donors (Lipinski definition) is 3. The molecular formula is C18H15N3O5. The van der Waals surface area contributed by atoms with E-state index in [1.807, 2.05) is 6.07 Å². The van der Waals surface area contributed by atoms with E-state index in [0.717, 1.165) is 0 Å². The topological polar surface area (TPSA) is 125 Å². The van der Waals surface area contributed by atoms with Crippen molar-refractivity contribution in [2.45, 2.75) is 6.42 Å². The number of carboxylic acids is 1. The van der Waals surface area contributed by atoms with E-state index in [2.05, 4.69) is 10.3 Å². The summed E-state index contributed by atoms with van der Waals surface area (Å²) in [5, 5.41) is 23.7. The summed E-state index contributed by atoms with van der Waals surface area (Å²) in [6.07, 6.45) is 0.183. The number of nitro groups is 1. The third-order valence-corrected chi connectivity index (χ3v) is 3.96. The number of carbonyl (C=O) groups excluding carboxylic acids is 1. The molecule has 8 nitrogen and oxygen atoms in total. The van der Waals surface area contributed by atoms with Crippen molar-refractivity contribution in [2.24, 2.45) is 0 Å². The number of Topliss-reactive ketones (excluding diaryl/α,β-unsaturated/α-hetero) is 1. The standard InChI is InChI=1S/C18H15N3O5/c22-15(11-4-2-1-3-5-11)8-9-19-16-13-7-6-12(21(25)26)10-14(13)20-17(16)18(23)24/h1-7,10,19-20H,8-9H2,(H,23,24). The van der Waals surface area contributed by atoms with Crippen molar-refractivity contribution < 1.29 is 19.6 Å². The number of nitrogens with zero attached hydrogens (tertiary/aromatic N) is 1. The Morgan fingerprint density at radius 2 is 1.88 bits per heavy atom. The fraction of sp³-hybridized carbons (Fsp3) is 0.111. The largest absolute Gasteiger partial charge is 0.477 e. The van der Waals surface area contributed by atoms with Gasteiger partial charge in [0.2, 0.25) is 0 Å². The number of aromatic nitrogens is 1. The first-order chi connectivity index (χ1) is 12.5. The van der Waals surface area contributed by atoms with Gasteiger partial charge in [-0.2, -0.15) is 0 Å². The molecule has 0 saturated heterocycles. The minimum absolute atomic E-state index is 0.0644. The number of nitro benzene ring substituents is 1. The summed E-state index contributed by atoms with van der Waals surface area (Å²) in [7, 11) is 0. The second kappa shape index (κ2) is 7.06. The number of aromatic carboxylic acids is 1. The van der Waals surface area contributed by atoms with Gasteiger partial charge in [0.05, 0.1) is 16.1 Å². The molecule has 1 aromatic heterocycles. The number of nitrogens with one attached hydrogen (secondary N) is 2. The highest BCUT2D eigenvalue weighted by atomic mass is 16.6. The van der Waals surface area contributed by atoms with E-state index in [1.165, 1.54) is 18.2 Å². The first kappa shape index (κ1) is 17.2. The highest BCUT2D eigenvalue weighted by molar-refractivity contribution is 6.06. The molecule has 0 amide bonds. The monoisotopic (exact) mass is 353 g/mol. The SMILES string of the molecule is O=C(CCNc1c(C(=O)O)[nH]c2cc([N+](=O)[O-])ccc12)c1ccccc1. The molecule has 0 atom stereocenters. The lowest BCUT2D eigenvalue weighted by Gasteiger charge is -2.06. The van der Waals surface area contributed by atoms with Crippen molar-refractivity contribution in [3.63, 3.8) is 0 Å². The van der Waals surface area contributed by atoms with Crippen LogP contribution in [0.4, 0.5) is 11.4 Å². The van der Waals surface area contributed by atoms with Crippen LogP contribution in [0.3, 0.4) is 0 Å². The second-order valence-electron chi connectivity index (χ2n) is 5.63. The summed E-state index contributed by atoms with van der Waals surface area (Å²) in [5.41, 5.74) is 0.994. The predicted molar refractivity (Wildman–Crippen MR) is 95.8 cm³/mol. The van der Waals surface area contributed by atoms with E-state index in [9.17, 15) is 24.8 Å². The van der Waals surface area contributed by atoms with Crippen molar-refractivity contribution >= 4 is 34.0 Å². The first-order valence-corrected chi connectivity index (χ1v) is 7.83. The van der Waals surface area contributed by atoms with E-state index in [0.29, 0.717) is 22.2 Å². The Labute approximate surface area is 147 Å². The van der Waals surface area contributed by atoms with Crippen LogP contribution < -0.4 is 5.32 Å². The van der Waals surface area contributed by atoms with E-state index in [4.69, 9.17) is 0 Å². The van der Waals surface area contributed by atoms with Gasteiger partial charge in [-0.25, -0.2) is 4.79 Å². The normalized spacial score (nSPS) is 10.6. The molecule has 0 spiro atoms. The third-order valence-electron chi connectivity index (χ3n) is 3.96. The fourth-order valence-electron chi connectivity index (χ4n) is 2.71. The molecule has 0 saturated carbocycles. The maximum absolute atomic E-state index is 12.1. The summed E-state index contributed by atoms with van der Waals surface area (Å²) in [6.45, 7) is 0.234. The van der Waals surface area contributed by atoms with Gasteiger partial charge in [0.25, 0.3) is 5.69 Å². The lowest BCUT2D eigenvalue weighted by molar-refractivity contribution is -0.384. The molecule has 26 heavy (non-hydrogen) atoms. The zero-order valence-corrected chi connectivity index (χ0v) is 13.6. The molecule has 0 unspecified atom stereocenters. The Balaban J connectivity index is 1.82. The van der Waals surface area contributed by atoms with Crippen molar-refractivity contribution in [1.82, 2.24) is 4.98 Å². The van der Waals surface area contributed by atoms with Crippen LogP contribution in [0, 0.1) is 10.1 Å². The number of aromatic amines is 1. The highest BCUT2D eigenvalue weighted by Crippen LogP contribution is 2.30. The minimum Gasteiger partial charge on any atom is -0.477 e. The van der Waals surface area contributed by atoms with E-state index >= 15 is 0 Å². The average Bonchev–Trinajstić information content (AvgIpc) is 3.00. The number of fused-ring (bicyclic) bond motifs is 1. The average molecular weight is 353 g/mol. The molecule has 8 heteroatoms. The lowest BCUT2D eigenvalue weighted by Crippen LogP contribution is -2.11. The van der Waals surface area contributed by atoms with Gasteiger partial charge in [-0.05, 0) is 6.07 Å². The van der Waals surface area contributed by atoms with Gasteiger partial charge in [-0.3, -0.25) is 14.9 Å². The predicted octanol–water partition coefficient (Wildman–Crippen LogP) is 3.46. The molecule has 2 aromatic carbocycles. The maximum Gasteiger partial charge on any atom is 0.354 e. The van der Waals surface area contributed by atoms with Gasteiger partial charge >= 0.3 is 5.97 Å². The molecule has 0 aliphatic heterocycles. The Morgan fingerprint density at radius 3 is 2.54 bits per heavy atom. The van der Waals surface area contributed by atoms with Gasteiger partial charge in [0.15, 0.2) is 5.78 Å². The minimum atomic E-state index is -1.19. The van der Waals surface area contributed by atoms with Gasteiger partial charge in [-0.15, -0.1) is 0 Å². The summed E-state index contributed by atoms with van der Waals surface area (Å²) in [6, 6.07) is 12.9. The Bertz CT molecular complexity index is 995. The number of anilines is 1. The fourth-order valence-corrected chi connectivity index (χ4v) is 2.71. The van der Waals surface area contributed by atoms with Gasteiger partial charge in [0, 0.05) is 36.0 Å². The molecule has 3 N–H and O–H groups in total. The zero-order chi connectivity index (χ0) is 18.7. The van der Waals surface area contributed by atoms with Gasteiger partial charge in [0.1, 0.15) is 5.69 Å². The second-order valence-corrected chi connectivity index (χ2v) is 5.63. The zero-order valence-electron chi connectivity index (χ0n) is 13.6. The van der Waals surface area contributed by atoms with Crippen molar-refractivity contribution in [3.05, 3.63) is 69.9 Å². The molecule has 3 aromatic rings. The number of hydrogen-bond acceptors (Lipinski definition) is 5. The Hall–Kier alpha value is -3.68. The highest BCUT2D eigenvalue weighted by Gasteiger charge is 2.19. The van der Waals surface area contributed by atoms with Crippen LogP contribution in [0.5, 0.6) is 0 Å². The van der Waals surface area contributed by atoms with Crippen LogP contribution in [0.2, 0.25) is 0 Å². The summed E-state index contributed by atoms with van der Waals surface area (Å²) >= 11 is 0. The van der Waals surface area contributed by atoms with E-state index < -0.39 is 10.9 Å². The van der Waals surface area contributed by atoms with Gasteiger partial charge < -0.3 is 15.4 Å². The molecule has 1 heterocycles. The number of H-pyrrole nitrogens is 1. The van der Waals surface area contributed by atoms with Crippen LogP contribution in [0.15, 0.2) is 48.5 Å². The molecule has 3 rings (SSSR count). The number of carboxylic acid groups (broad SMARTS) is 1. The molecule has 0 fully saturated rings.